The van der Waals surface area contributed by atoms with Crippen molar-refractivity contribution in [3.63, 3.8) is 0 Å². The maximum atomic E-state index is 12.3. The number of nitrogens with one attached hydrogen (secondary N) is 1. The summed E-state index contributed by atoms with van der Waals surface area (Å²) in [6.45, 7) is 5.25. The van der Waals surface area contributed by atoms with Crippen LogP contribution in [0.15, 0.2) is 54.6 Å². The van der Waals surface area contributed by atoms with Crippen molar-refractivity contribution in [1.82, 2.24) is 4.90 Å². The van der Waals surface area contributed by atoms with Crippen molar-refractivity contribution in [3.05, 3.63) is 65.2 Å². The number of amides is 1. The molecule has 116 valence electrons. The number of hydrogen-bond acceptors (Lipinski definition) is 2. The second-order valence-electron chi connectivity index (χ2n) is 5.51. The van der Waals surface area contributed by atoms with Gasteiger partial charge in [-0.3, -0.25) is 9.69 Å². The van der Waals surface area contributed by atoms with Crippen molar-refractivity contribution in [2.24, 2.45) is 0 Å². The third kappa shape index (κ3) is 4.86. The van der Waals surface area contributed by atoms with Gasteiger partial charge in [-0.1, -0.05) is 54.1 Å². The van der Waals surface area contributed by atoms with Crippen molar-refractivity contribution in [2.45, 2.75) is 26.4 Å². The van der Waals surface area contributed by atoms with Crippen LogP contribution in [-0.4, -0.2) is 23.4 Å². The summed E-state index contributed by atoms with van der Waals surface area (Å²) in [4.78, 5) is 14.4. The van der Waals surface area contributed by atoms with E-state index in [0.717, 1.165) is 6.54 Å². The topological polar surface area (TPSA) is 32.3 Å². The van der Waals surface area contributed by atoms with E-state index >= 15 is 0 Å². The van der Waals surface area contributed by atoms with Gasteiger partial charge in [-0.25, -0.2) is 0 Å². The van der Waals surface area contributed by atoms with Crippen molar-refractivity contribution in [3.8, 4) is 0 Å². The highest BCUT2D eigenvalue weighted by Crippen LogP contribution is 2.20. The van der Waals surface area contributed by atoms with E-state index < -0.39 is 0 Å². The molecule has 1 amide bonds. The molecule has 0 saturated carbocycles. The van der Waals surface area contributed by atoms with Crippen LogP contribution in [0, 0.1) is 0 Å². The minimum atomic E-state index is -0.0577. The Labute approximate surface area is 136 Å². The van der Waals surface area contributed by atoms with Gasteiger partial charge in [-0.2, -0.15) is 0 Å². The lowest BCUT2D eigenvalue weighted by molar-refractivity contribution is -0.117. The highest BCUT2D eigenvalue weighted by Gasteiger charge is 2.15. The molecule has 0 fully saturated rings. The van der Waals surface area contributed by atoms with E-state index in [0.29, 0.717) is 17.3 Å². The number of hydrogen-bond donors (Lipinski definition) is 1. The van der Waals surface area contributed by atoms with E-state index in [-0.39, 0.29) is 11.9 Å². The predicted molar refractivity (Wildman–Crippen MR) is 92.1 cm³/mol. The Hall–Kier alpha value is -1.84. The fourth-order valence-electron chi connectivity index (χ4n) is 2.18. The molecule has 3 nitrogen and oxygen atoms in total. The van der Waals surface area contributed by atoms with Gasteiger partial charge in [0, 0.05) is 12.6 Å². The zero-order valence-corrected chi connectivity index (χ0v) is 13.7. The molecular formula is C18H21ClN2O. The quantitative estimate of drug-likeness (QED) is 0.866. The molecule has 0 saturated heterocycles. The number of para-hydroxylation sites is 1. The second-order valence-corrected chi connectivity index (χ2v) is 5.92. The first-order chi connectivity index (χ1) is 10.6. The van der Waals surface area contributed by atoms with E-state index in [4.69, 9.17) is 11.6 Å². The predicted octanol–water partition coefficient (Wildman–Crippen LogP) is 4.19. The average Bonchev–Trinajstić information content (AvgIpc) is 2.50. The number of carbonyl (C=O) groups is 1. The lowest BCUT2D eigenvalue weighted by atomic mass is 10.2. The number of benzene rings is 2. The van der Waals surface area contributed by atoms with Crippen molar-refractivity contribution >= 4 is 23.2 Å². The largest absolute Gasteiger partial charge is 0.324 e. The highest BCUT2D eigenvalue weighted by atomic mass is 35.5. The molecule has 22 heavy (non-hydrogen) atoms. The van der Waals surface area contributed by atoms with Gasteiger partial charge in [0.25, 0.3) is 0 Å². The number of halogens is 1. The molecule has 0 spiro atoms. The Bertz CT molecular complexity index is 613. The standard InChI is InChI=1S/C18H21ClN2O/c1-14(2)21(12-15-8-4-3-5-9-15)13-18(22)20-17-11-7-6-10-16(17)19/h3-11,14H,12-13H2,1-2H3,(H,20,22). The third-order valence-electron chi connectivity index (χ3n) is 3.45. The molecule has 0 aliphatic rings. The molecule has 0 heterocycles. The van der Waals surface area contributed by atoms with Gasteiger partial charge in [-0.05, 0) is 31.5 Å². The summed E-state index contributed by atoms with van der Waals surface area (Å²) in [6.07, 6.45) is 0. The second kappa shape index (κ2) is 7.97. The first-order valence-corrected chi connectivity index (χ1v) is 7.76. The van der Waals surface area contributed by atoms with E-state index in [1.165, 1.54) is 5.56 Å². The first kappa shape index (κ1) is 16.5. The van der Waals surface area contributed by atoms with E-state index in [1.54, 1.807) is 12.1 Å². The summed E-state index contributed by atoms with van der Waals surface area (Å²) >= 11 is 6.07. The normalized spacial score (nSPS) is 11.0. The van der Waals surface area contributed by atoms with Crippen LogP contribution >= 0.6 is 11.6 Å². The van der Waals surface area contributed by atoms with Crippen molar-refractivity contribution in [2.75, 3.05) is 11.9 Å². The smallest absolute Gasteiger partial charge is 0.238 e. The SMILES string of the molecule is CC(C)N(CC(=O)Nc1ccccc1Cl)Cc1ccccc1. The Morgan fingerprint density at radius 3 is 2.36 bits per heavy atom. The molecule has 2 aromatic carbocycles. The lowest BCUT2D eigenvalue weighted by Crippen LogP contribution is -2.37. The van der Waals surface area contributed by atoms with Crippen LogP contribution in [0.5, 0.6) is 0 Å². The number of rotatable bonds is 6. The van der Waals surface area contributed by atoms with E-state index in [1.807, 2.05) is 30.3 Å². The van der Waals surface area contributed by atoms with Crippen LogP contribution in [-0.2, 0) is 11.3 Å². The average molecular weight is 317 g/mol. The van der Waals surface area contributed by atoms with Gasteiger partial charge in [0.15, 0.2) is 0 Å². The molecule has 2 aromatic rings. The van der Waals surface area contributed by atoms with Gasteiger partial charge in [-0.15, -0.1) is 0 Å². The lowest BCUT2D eigenvalue weighted by Gasteiger charge is -2.26. The number of anilines is 1. The van der Waals surface area contributed by atoms with Crippen LogP contribution in [0.1, 0.15) is 19.4 Å². The zero-order chi connectivity index (χ0) is 15.9. The number of carbonyl (C=O) groups excluding carboxylic acids is 1. The molecule has 0 atom stereocenters. The molecule has 1 N–H and O–H groups in total. The van der Waals surface area contributed by atoms with Gasteiger partial charge < -0.3 is 5.32 Å². The summed E-state index contributed by atoms with van der Waals surface area (Å²) in [5.74, 6) is -0.0577. The molecule has 0 aliphatic carbocycles. The van der Waals surface area contributed by atoms with Crippen LogP contribution in [0.4, 0.5) is 5.69 Å². The molecule has 0 unspecified atom stereocenters. The maximum Gasteiger partial charge on any atom is 0.238 e. The first-order valence-electron chi connectivity index (χ1n) is 7.38. The molecule has 2 rings (SSSR count). The van der Waals surface area contributed by atoms with Gasteiger partial charge in [0.2, 0.25) is 5.91 Å². The molecule has 0 aliphatic heterocycles. The minimum absolute atomic E-state index is 0.0577. The monoisotopic (exact) mass is 316 g/mol. The molecule has 0 aromatic heterocycles. The minimum Gasteiger partial charge on any atom is -0.324 e. The van der Waals surface area contributed by atoms with Crippen LogP contribution in [0.25, 0.3) is 0 Å². The van der Waals surface area contributed by atoms with E-state index in [9.17, 15) is 4.79 Å². The Morgan fingerprint density at radius 1 is 1.09 bits per heavy atom. The summed E-state index contributed by atoms with van der Waals surface area (Å²) in [5.41, 5.74) is 1.85. The summed E-state index contributed by atoms with van der Waals surface area (Å²) in [6, 6.07) is 17.7. The molecule has 0 bridgehead atoms. The van der Waals surface area contributed by atoms with Crippen molar-refractivity contribution in [1.29, 1.82) is 0 Å². The van der Waals surface area contributed by atoms with Gasteiger partial charge >= 0.3 is 0 Å². The summed E-state index contributed by atoms with van der Waals surface area (Å²) < 4.78 is 0. The Kier molecular flexibility index (Phi) is 5.99. The molecule has 0 radical (unpaired) electrons. The van der Waals surface area contributed by atoms with Crippen LogP contribution < -0.4 is 5.32 Å². The fourth-order valence-corrected chi connectivity index (χ4v) is 2.36. The highest BCUT2D eigenvalue weighted by molar-refractivity contribution is 6.33. The molecule has 4 heteroatoms. The summed E-state index contributed by atoms with van der Waals surface area (Å²) in [5, 5.41) is 3.42. The number of nitrogens with zero attached hydrogens (tertiary/aromatic N) is 1. The van der Waals surface area contributed by atoms with Crippen LogP contribution in [0.3, 0.4) is 0 Å². The van der Waals surface area contributed by atoms with Gasteiger partial charge in [0.1, 0.15) is 0 Å². The van der Waals surface area contributed by atoms with Crippen molar-refractivity contribution < 1.29 is 4.79 Å². The van der Waals surface area contributed by atoms with E-state index in [2.05, 4.69) is 36.2 Å². The van der Waals surface area contributed by atoms with Crippen LogP contribution in [0.2, 0.25) is 5.02 Å². The Morgan fingerprint density at radius 2 is 1.73 bits per heavy atom. The third-order valence-corrected chi connectivity index (χ3v) is 3.78. The summed E-state index contributed by atoms with van der Waals surface area (Å²) in [7, 11) is 0. The maximum absolute atomic E-state index is 12.3. The van der Waals surface area contributed by atoms with Gasteiger partial charge in [0.05, 0.1) is 17.3 Å². The molecular weight excluding hydrogens is 296 g/mol. The zero-order valence-electron chi connectivity index (χ0n) is 12.9. The fraction of sp³-hybridized carbons (Fsp3) is 0.278. The Balaban J connectivity index is 1.99.